The molecule has 0 heterocycles. The van der Waals surface area contributed by atoms with Crippen molar-refractivity contribution < 1.29 is 19.2 Å². The highest BCUT2D eigenvalue weighted by molar-refractivity contribution is 6.32. The molecular formula is C19H20ClN3O5. The minimum atomic E-state index is -0.655. The van der Waals surface area contributed by atoms with Crippen molar-refractivity contribution in [3.8, 4) is 5.75 Å². The van der Waals surface area contributed by atoms with Crippen molar-refractivity contribution in [1.29, 1.82) is 0 Å². The van der Waals surface area contributed by atoms with Crippen LogP contribution in [0.4, 0.5) is 11.4 Å². The summed E-state index contributed by atoms with van der Waals surface area (Å²) in [6.07, 6.45) is 0.614. The molecule has 8 nitrogen and oxygen atoms in total. The molecule has 0 radical (unpaired) electrons. The van der Waals surface area contributed by atoms with Crippen molar-refractivity contribution in [2.45, 2.75) is 13.3 Å². The van der Waals surface area contributed by atoms with Crippen LogP contribution >= 0.6 is 11.6 Å². The van der Waals surface area contributed by atoms with E-state index in [-0.39, 0.29) is 22.8 Å². The smallest absolute Gasteiger partial charge is 0.288 e. The van der Waals surface area contributed by atoms with Gasteiger partial charge in [0.1, 0.15) is 17.3 Å². The molecule has 0 saturated carbocycles. The Bertz CT molecular complexity index is 888. The third-order valence-corrected chi connectivity index (χ3v) is 4.21. The molecule has 0 fully saturated rings. The van der Waals surface area contributed by atoms with Gasteiger partial charge in [0.2, 0.25) is 5.91 Å². The number of amides is 2. The van der Waals surface area contributed by atoms with Crippen LogP contribution in [-0.2, 0) is 4.79 Å². The predicted molar refractivity (Wildman–Crippen MR) is 106 cm³/mol. The summed E-state index contributed by atoms with van der Waals surface area (Å²) in [7, 11) is 1.49. The van der Waals surface area contributed by atoms with Crippen LogP contribution in [0.25, 0.3) is 0 Å². The van der Waals surface area contributed by atoms with Gasteiger partial charge in [-0.15, -0.1) is 0 Å². The van der Waals surface area contributed by atoms with Gasteiger partial charge in [0.15, 0.2) is 0 Å². The number of nitro benzene ring substituents is 1. The fourth-order valence-electron chi connectivity index (χ4n) is 2.60. The van der Waals surface area contributed by atoms with Crippen molar-refractivity contribution in [2.24, 2.45) is 0 Å². The largest absolute Gasteiger partial charge is 0.495 e. The quantitative estimate of drug-likeness (QED) is 0.532. The minimum absolute atomic E-state index is 0.0579. The Kier molecular flexibility index (Phi) is 7.34. The highest BCUT2D eigenvalue weighted by Crippen LogP contribution is 2.26. The Hall–Kier alpha value is -3.13. The number of anilines is 1. The molecule has 0 aliphatic carbocycles. The van der Waals surface area contributed by atoms with Crippen molar-refractivity contribution in [3.63, 3.8) is 0 Å². The molecule has 2 aromatic carbocycles. The number of hydrogen-bond donors (Lipinski definition) is 1. The fourth-order valence-corrected chi connectivity index (χ4v) is 2.79. The first-order valence-corrected chi connectivity index (χ1v) is 8.91. The van der Waals surface area contributed by atoms with Gasteiger partial charge < -0.3 is 15.0 Å². The first-order valence-electron chi connectivity index (χ1n) is 8.53. The maximum atomic E-state index is 12.8. The molecule has 2 aromatic rings. The summed E-state index contributed by atoms with van der Waals surface area (Å²) in [5.74, 6) is -0.399. The van der Waals surface area contributed by atoms with Gasteiger partial charge in [-0.25, -0.2) is 0 Å². The Balaban J connectivity index is 2.18. The van der Waals surface area contributed by atoms with Gasteiger partial charge in [-0.3, -0.25) is 19.7 Å². The zero-order valence-corrected chi connectivity index (χ0v) is 16.2. The van der Waals surface area contributed by atoms with Gasteiger partial charge in [-0.05, 0) is 30.7 Å². The van der Waals surface area contributed by atoms with Gasteiger partial charge in [-0.2, -0.15) is 0 Å². The van der Waals surface area contributed by atoms with Crippen molar-refractivity contribution >= 4 is 34.8 Å². The van der Waals surface area contributed by atoms with Crippen LogP contribution in [0, 0.1) is 10.1 Å². The Morgan fingerprint density at radius 3 is 2.61 bits per heavy atom. The topological polar surface area (TPSA) is 102 Å². The van der Waals surface area contributed by atoms with Gasteiger partial charge in [0.25, 0.3) is 11.6 Å². The number of carbonyl (C=O) groups is 2. The van der Waals surface area contributed by atoms with Crippen LogP contribution in [0.1, 0.15) is 23.7 Å². The number of benzene rings is 2. The molecule has 0 aromatic heterocycles. The zero-order chi connectivity index (χ0) is 20.7. The Labute approximate surface area is 167 Å². The standard InChI is InChI=1S/C19H20ClN3O5/c1-3-10-22(12-18(24)21-15-6-4-5-7-17(15)28-2)19(25)13-8-9-14(20)16(11-13)23(26)27/h4-9,11H,3,10,12H2,1-2H3,(H,21,24). The van der Waals surface area contributed by atoms with E-state index in [4.69, 9.17) is 16.3 Å². The van der Waals surface area contributed by atoms with Crippen LogP contribution in [0.15, 0.2) is 42.5 Å². The lowest BCUT2D eigenvalue weighted by Crippen LogP contribution is -2.38. The molecule has 1 N–H and O–H groups in total. The number of ether oxygens (including phenoxy) is 1. The fraction of sp³-hybridized carbons (Fsp3) is 0.263. The predicted octanol–water partition coefficient (Wildman–Crippen LogP) is 3.75. The van der Waals surface area contributed by atoms with Gasteiger partial charge >= 0.3 is 0 Å². The van der Waals surface area contributed by atoms with E-state index in [1.807, 2.05) is 6.92 Å². The molecule has 2 amide bonds. The van der Waals surface area contributed by atoms with Crippen LogP contribution in [0.2, 0.25) is 5.02 Å². The maximum Gasteiger partial charge on any atom is 0.288 e. The van der Waals surface area contributed by atoms with E-state index in [1.54, 1.807) is 24.3 Å². The molecular weight excluding hydrogens is 386 g/mol. The number of nitrogens with zero attached hydrogens (tertiary/aromatic N) is 2. The normalized spacial score (nSPS) is 10.2. The number of nitrogens with one attached hydrogen (secondary N) is 1. The molecule has 28 heavy (non-hydrogen) atoms. The van der Waals surface area contributed by atoms with Gasteiger partial charge in [-0.1, -0.05) is 30.7 Å². The number of hydrogen-bond acceptors (Lipinski definition) is 5. The summed E-state index contributed by atoms with van der Waals surface area (Å²) in [5.41, 5.74) is 0.220. The van der Waals surface area contributed by atoms with E-state index in [2.05, 4.69) is 5.32 Å². The van der Waals surface area contributed by atoms with Crippen molar-refractivity contribution in [3.05, 3.63) is 63.2 Å². The maximum absolute atomic E-state index is 12.8. The van der Waals surface area contributed by atoms with E-state index in [9.17, 15) is 19.7 Å². The van der Waals surface area contributed by atoms with E-state index in [0.717, 1.165) is 6.07 Å². The monoisotopic (exact) mass is 405 g/mol. The van der Waals surface area contributed by atoms with Gasteiger partial charge in [0.05, 0.1) is 17.7 Å². The summed E-state index contributed by atoms with van der Waals surface area (Å²) in [6.45, 7) is 1.97. The number of rotatable bonds is 8. The van der Waals surface area contributed by atoms with E-state index in [0.29, 0.717) is 24.4 Å². The van der Waals surface area contributed by atoms with Crippen LogP contribution in [-0.4, -0.2) is 41.8 Å². The van der Waals surface area contributed by atoms with Crippen molar-refractivity contribution in [2.75, 3.05) is 25.5 Å². The summed E-state index contributed by atoms with van der Waals surface area (Å²) < 4.78 is 5.19. The number of methoxy groups -OCH3 is 1. The molecule has 0 atom stereocenters. The molecule has 0 saturated heterocycles. The summed E-state index contributed by atoms with van der Waals surface area (Å²) in [4.78, 5) is 37.0. The third-order valence-electron chi connectivity index (χ3n) is 3.89. The molecule has 0 aliphatic heterocycles. The highest BCUT2D eigenvalue weighted by Gasteiger charge is 2.22. The first-order chi connectivity index (χ1) is 13.4. The molecule has 0 bridgehead atoms. The average Bonchev–Trinajstić information content (AvgIpc) is 2.67. The number of carbonyl (C=O) groups excluding carboxylic acids is 2. The molecule has 148 valence electrons. The minimum Gasteiger partial charge on any atom is -0.495 e. The summed E-state index contributed by atoms with van der Waals surface area (Å²) in [6, 6.07) is 10.7. The third kappa shape index (κ3) is 5.20. The lowest BCUT2D eigenvalue weighted by molar-refractivity contribution is -0.384. The summed E-state index contributed by atoms with van der Waals surface area (Å²) in [5, 5.41) is 13.7. The van der Waals surface area contributed by atoms with Crippen molar-refractivity contribution in [1.82, 2.24) is 4.90 Å². The molecule has 9 heteroatoms. The van der Waals surface area contributed by atoms with E-state index in [1.165, 1.54) is 24.1 Å². The van der Waals surface area contributed by atoms with Crippen LogP contribution in [0.3, 0.4) is 0 Å². The van der Waals surface area contributed by atoms with Crippen LogP contribution in [0.5, 0.6) is 5.75 Å². The van der Waals surface area contributed by atoms with E-state index >= 15 is 0 Å². The molecule has 0 spiro atoms. The Morgan fingerprint density at radius 1 is 1.25 bits per heavy atom. The number of nitro groups is 1. The highest BCUT2D eigenvalue weighted by atomic mass is 35.5. The first kappa shape index (κ1) is 21.2. The lowest BCUT2D eigenvalue weighted by atomic mass is 10.1. The Morgan fingerprint density at radius 2 is 1.96 bits per heavy atom. The second kappa shape index (κ2) is 9.70. The second-order valence-corrected chi connectivity index (χ2v) is 6.31. The molecule has 0 aliphatic rings. The van der Waals surface area contributed by atoms with Crippen LogP contribution < -0.4 is 10.1 Å². The zero-order valence-electron chi connectivity index (χ0n) is 15.5. The van der Waals surface area contributed by atoms with E-state index < -0.39 is 16.7 Å². The number of halogens is 1. The molecule has 0 unspecified atom stereocenters. The van der Waals surface area contributed by atoms with Gasteiger partial charge in [0, 0.05) is 18.2 Å². The molecule has 2 rings (SSSR count). The number of para-hydroxylation sites is 2. The SMILES string of the molecule is CCCN(CC(=O)Nc1ccccc1OC)C(=O)c1ccc(Cl)c([N+](=O)[O-])c1. The average molecular weight is 406 g/mol. The lowest BCUT2D eigenvalue weighted by Gasteiger charge is -2.22. The summed E-state index contributed by atoms with van der Waals surface area (Å²) >= 11 is 5.80. The second-order valence-electron chi connectivity index (χ2n) is 5.90.